The average Bonchev–Trinajstić information content (AvgIpc) is 2.86. The third kappa shape index (κ3) is 6.25. The fraction of sp³-hybridized carbons (Fsp3) is 0.241. The van der Waals surface area contributed by atoms with E-state index in [1.807, 2.05) is 6.07 Å². The molecule has 2 nitrogen and oxygen atoms in total. The minimum Gasteiger partial charge on any atom is -0.429 e. The van der Waals surface area contributed by atoms with Crippen molar-refractivity contribution in [1.82, 2.24) is 0 Å². The molecule has 0 amide bonds. The van der Waals surface area contributed by atoms with Crippen LogP contribution in [0.3, 0.4) is 0 Å². The first-order chi connectivity index (χ1) is 17.8. The van der Waals surface area contributed by atoms with Crippen LogP contribution in [-0.4, -0.2) is 20.3 Å². The lowest BCUT2D eigenvalue weighted by Crippen LogP contribution is -2.06. The normalized spacial score (nSPS) is 11.5. The van der Waals surface area contributed by atoms with Crippen LogP contribution in [0.5, 0.6) is 5.75 Å². The van der Waals surface area contributed by atoms with Gasteiger partial charge in [-0.3, -0.25) is 0 Å². The summed E-state index contributed by atoms with van der Waals surface area (Å²) in [5.74, 6) is -4.51. The second-order valence-corrected chi connectivity index (χ2v) is 8.65. The van der Waals surface area contributed by atoms with Crippen molar-refractivity contribution < 1.29 is 35.8 Å². The van der Waals surface area contributed by atoms with E-state index < -0.39 is 29.8 Å². The smallest absolute Gasteiger partial charge is 0.387 e. The van der Waals surface area contributed by atoms with Crippen molar-refractivity contribution in [3.05, 3.63) is 101 Å². The summed E-state index contributed by atoms with van der Waals surface area (Å²) in [6, 6.07) is 15.0. The number of aryl methyl sites for hydroxylation is 3. The van der Waals surface area contributed by atoms with Crippen LogP contribution in [0.4, 0.5) is 26.3 Å². The zero-order chi connectivity index (χ0) is 26.5. The average molecular weight is 518 g/mol. The molecule has 0 aliphatic rings. The predicted octanol–water partition coefficient (Wildman–Crippen LogP) is 8.03. The molecule has 0 bridgehead atoms. The second kappa shape index (κ2) is 11.7. The first kappa shape index (κ1) is 26.5. The van der Waals surface area contributed by atoms with E-state index in [0.717, 1.165) is 24.1 Å². The highest BCUT2D eigenvalue weighted by Gasteiger charge is 2.17. The molecular formula is C29H24F6O2. The highest BCUT2D eigenvalue weighted by atomic mass is 19.3. The Balaban J connectivity index is 1.52. The number of benzene rings is 4. The van der Waals surface area contributed by atoms with E-state index in [2.05, 4.69) is 4.74 Å². The van der Waals surface area contributed by atoms with Crippen LogP contribution >= 0.6 is 0 Å². The van der Waals surface area contributed by atoms with E-state index in [9.17, 15) is 22.0 Å². The van der Waals surface area contributed by atoms with Crippen molar-refractivity contribution in [2.45, 2.75) is 32.3 Å². The Hall–Kier alpha value is -3.52. The minimum absolute atomic E-state index is 0.0747. The van der Waals surface area contributed by atoms with Crippen molar-refractivity contribution in [1.29, 1.82) is 0 Å². The van der Waals surface area contributed by atoms with E-state index in [1.54, 1.807) is 43.5 Å². The number of methoxy groups -OCH3 is 1. The highest BCUT2D eigenvalue weighted by molar-refractivity contribution is 5.88. The summed E-state index contributed by atoms with van der Waals surface area (Å²) in [7, 11) is 1.62. The second-order valence-electron chi connectivity index (χ2n) is 8.65. The molecule has 0 spiro atoms. The summed E-state index contributed by atoms with van der Waals surface area (Å²) >= 11 is 0. The zero-order valence-corrected chi connectivity index (χ0v) is 20.0. The minimum atomic E-state index is -3.36. The molecule has 0 fully saturated rings. The fourth-order valence-corrected chi connectivity index (χ4v) is 4.30. The summed E-state index contributed by atoms with van der Waals surface area (Å²) in [4.78, 5) is 0. The molecule has 0 unspecified atom stereocenters. The summed E-state index contributed by atoms with van der Waals surface area (Å²) in [6.07, 6.45) is 1.68. The highest BCUT2D eigenvalue weighted by Crippen LogP contribution is 2.31. The molecule has 37 heavy (non-hydrogen) atoms. The monoisotopic (exact) mass is 518 g/mol. The number of hydrogen-bond donors (Lipinski definition) is 0. The van der Waals surface area contributed by atoms with E-state index in [1.165, 1.54) is 6.07 Å². The third-order valence-corrected chi connectivity index (χ3v) is 6.14. The molecule has 0 atom stereocenters. The van der Waals surface area contributed by atoms with Crippen molar-refractivity contribution in [3.63, 3.8) is 0 Å². The van der Waals surface area contributed by atoms with Gasteiger partial charge in [0.15, 0.2) is 17.4 Å². The molecule has 8 heteroatoms. The summed E-state index contributed by atoms with van der Waals surface area (Å²) in [5.41, 5.74) is 2.38. The molecular weight excluding hydrogens is 494 g/mol. The van der Waals surface area contributed by atoms with Crippen molar-refractivity contribution in [2.24, 2.45) is 0 Å². The quantitative estimate of drug-likeness (QED) is 0.156. The van der Waals surface area contributed by atoms with Gasteiger partial charge in [0, 0.05) is 24.7 Å². The Bertz CT molecular complexity index is 1380. The molecule has 0 saturated carbocycles. The molecule has 0 N–H and O–H groups in total. The molecule has 0 heterocycles. The molecule has 0 aliphatic heterocycles. The van der Waals surface area contributed by atoms with Gasteiger partial charge in [-0.1, -0.05) is 36.4 Å². The van der Waals surface area contributed by atoms with Gasteiger partial charge in [0.1, 0.15) is 11.6 Å². The van der Waals surface area contributed by atoms with Gasteiger partial charge in [-0.2, -0.15) is 8.78 Å². The Morgan fingerprint density at radius 3 is 2.14 bits per heavy atom. The molecule has 0 aromatic heterocycles. The van der Waals surface area contributed by atoms with Gasteiger partial charge in [0.2, 0.25) is 0 Å². The van der Waals surface area contributed by atoms with Gasteiger partial charge >= 0.3 is 6.61 Å². The summed E-state index contributed by atoms with van der Waals surface area (Å²) in [6.45, 7) is -2.76. The van der Waals surface area contributed by atoms with Crippen LogP contribution < -0.4 is 4.74 Å². The maximum Gasteiger partial charge on any atom is 0.387 e. The summed E-state index contributed by atoms with van der Waals surface area (Å²) in [5, 5.41) is 0.906. The van der Waals surface area contributed by atoms with E-state index in [0.29, 0.717) is 40.5 Å². The fourth-order valence-electron chi connectivity index (χ4n) is 4.30. The van der Waals surface area contributed by atoms with Crippen molar-refractivity contribution in [2.75, 3.05) is 13.7 Å². The first-order valence-electron chi connectivity index (χ1n) is 11.7. The maximum absolute atomic E-state index is 15.2. The van der Waals surface area contributed by atoms with Gasteiger partial charge in [0.05, 0.1) is 0 Å². The van der Waals surface area contributed by atoms with E-state index in [4.69, 9.17) is 4.74 Å². The molecule has 0 aliphatic carbocycles. The van der Waals surface area contributed by atoms with Crippen LogP contribution in [0.2, 0.25) is 0 Å². The SMILES string of the molecule is COCCCc1ccc(-c2ccc3c(F)c(CCc4cc(F)c(OC(F)F)c(F)c4)ccc3c2)c(F)c1. The Labute approximate surface area is 210 Å². The molecule has 4 rings (SSSR count). The summed E-state index contributed by atoms with van der Waals surface area (Å²) < 4.78 is 91.5. The van der Waals surface area contributed by atoms with Gasteiger partial charge in [-0.25, -0.2) is 17.6 Å². The lowest BCUT2D eigenvalue weighted by atomic mass is 9.96. The van der Waals surface area contributed by atoms with Crippen LogP contribution in [-0.2, 0) is 24.0 Å². The van der Waals surface area contributed by atoms with Gasteiger partial charge in [0.25, 0.3) is 0 Å². The lowest BCUT2D eigenvalue weighted by Gasteiger charge is -2.11. The number of hydrogen-bond acceptors (Lipinski definition) is 2. The Kier molecular flexibility index (Phi) is 8.38. The van der Waals surface area contributed by atoms with Gasteiger partial charge in [-0.15, -0.1) is 0 Å². The number of ether oxygens (including phenoxy) is 2. The van der Waals surface area contributed by atoms with E-state index >= 15 is 4.39 Å². The van der Waals surface area contributed by atoms with Crippen molar-refractivity contribution >= 4 is 10.8 Å². The number of halogens is 6. The molecule has 4 aromatic rings. The van der Waals surface area contributed by atoms with E-state index in [-0.39, 0.29) is 24.2 Å². The molecule has 0 saturated heterocycles. The lowest BCUT2D eigenvalue weighted by molar-refractivity contribution is -0.0546. The molecule has 0 radical (unpaired) electrons. The first-order valence-corrected chi connectivity index (χ1v) is 11.7. The third-order valence-electron chi connectivity index (χ3n) is 6.14. The number of alkyl halides is 2. The largest absolute Gasteiger partial charge is 0.429 e. The van der Waals surface area contributed by atoms with Crippen LogP contribution in [0.15, 0.2) is 60.7 Å². The Morgan fingerprint density at radius 2 is 1.46 bits per heavy atom. The van der Waals surface area contributed by atoms with Crippen molar-refractivity contribution in [3.8, 4) is 16.9 Å². The van der Waals surface area contributed by atoms with Crippen LogP contribution in [0, 0.1) is 23.3 Å². The van der Waals surface area contributed by atoms with Gasteiger partial charge < -0.3 is 9.47 Å². The Morgan fingerprint density at radius 1 is 0.730 bits per heavy atom. The van der Waals surface area contributed by atoms with Crippen LogP contribution in [0.1, 0.15) is 23.1 Å². The number of fused-ring (bicyclic) bond motifs is 1. The number of rotatable bonds is 10. The van der Waals surface area contributed by atoms with Gasteiger partial charge in [-0.05, 0) is 77.6 Å². The predicted molar refractivity (Wildman–Crippen MR) is 130 cm³/mol. The van der Waals surface area contributed by atoms with Crippen LogP contribution in [0.25, 0.3) is 21.9 Å². The standard InChI is InChI=1S/C29H24F6O2/c1-36-12-2-3-17-5-10-22(24(30)13-17)20-9-11-23-21(16-20)8-7-19(27(23)33)6-4-18-14-25(31)28(26(32)15-18)37-29(34)35/h5,7-11,13-16,29H,2-4,6,12H2,1H3. The molecule has 4 aromatic carbocycles. The topological polar surface area (TPSA) is 18.5 Å². The maximum atomic E-state index is 15.2. The molecule has 194 valence electrons. The zero-order valence-electron chi connectivity index (χ0n) is 20.0.